The van der Waals surface area contributed by atoms with Crippen molar-refractivity contribution >= 4 is 0 Å². The zero-order chi connectivity index (χ0) is 17.0. The summed E-state index contributed by atoms with van der Waals surface area (Å²) in [5, 5.41) is 0. The summed E-state index contributed by atoms with van der Waals surface area (Å²) in [4.78, 5) is 0. The summed E-state index contributed by atoms with van der Waals surface area (Å²) in [5.74, 6) is 3.09. The Morgan fingerprint density at radius 2 is 1.33 bits per heavy atom. The van der Waals surface area contributed by atoms with E-state index in [0.29, 0.717) is 6.10 Å². The minimum absolute atomic E-state index is 0.583. The zero-order valence-electron chi connectivity index (χ0n) is 16.5. The Bertz CT molecular complexity index is 319. The Hall–Kier alpha value is -0.300. The highest BCUT2D eigenvalue weighted by Gasteiger charge is 2.24. The van der Waals surface area contributed by atoms with E-state index in [1.54, 1.807) is 0 Å². The standard InChI is InChI=1S/C23H42O/c1-3-5-6-7-8-20-9-11-21(12-10-20)13-14-22-15-17-23(18-16-22)24-19-4-2/h3,5,20-23H,4,6-19H2,1-2H3/b5-3-/t20-,21-,22-,23-. The van der Waals surface area contributed by atoms with Gasteiger partial charge in [0.2, 0.25) is 0 Å². The molecule has 0 radical (unpaired) electrons. The Kier molecular flexibility index (Phi) is 10.1. The summed E-state index contributed by atoms with van der Waals surface area (Å²) in [6.07, 6.45) is 25.0. The first-order valence-electron chi connectivity index (χ1n) is 11.0. The molecule has 0 saturated heterocycles. The number of unbranched alkanes of at least 4 members (excludes halogenated alkanes) is 1. The van der Waals surface area contributed by atoms with Crippen molar-refractivity contribution < 1.29 is 4.74 Å². The maximum atomic E-state index is 5.93. The second kappa shape index (κ2) is 12.1. The number of hydrogen-bond acceptors (Lipinski definition) is 1. The fourth-order valence-electron chi connectivity index (χ4n) is 4.84. The minimum atomic E-state index is 0.583. The fraction of sp³-hybridized carbons (Fsp3) is 0.913. The first-order chi connectivity index (χ1) is 11.8. The van der Waals surface area contributed by atoms with Gasteiger partial charge in [0.15, 0.2) is 0 Å². The minimum Gasteiger partial charge on any atom is -0.378 e. The van der Waals surface area contributed by atoms with Gasteiger partial charge < -0.3 is 4.74 Å². The maximum absolute atomic E-state index is 5.93. The number of rotatable bonds is 10. The van der Waals surface area contributed by atoms with E-state index in [0.717, 1.165) is 30.8 Å². The fourth-order valence-corrected chi connectivity index (χ4v) is 4.84. The molecule has 0 unspecified atom stereocenters. The third-order valence-corrected chi connectivity index (χ3v) is 6.52. The molecule has 2 aliphatic rings. The largest absolute Gasteiger partial charge is 0.378 e. The van der Waals surface area contributed by atoms with Gasteiger partial charge in [-0.1, -0.05) is 64.0 Å². The van der Waals surface area contributed by atoms with Gasteiger partial charge in [0.25, 0.3) is 0 Å². The van der Waals surface area contributed by atoms with Gasteiger partial charge in [0.05, 0.1) is 6.10 Å². The van der Waals surface area contributed by atoms with Crippen LogP contribution in [0.3, 0.4) is 0 Å². The molecule has 0 aromatic heterocycles. The van der Waals surface area contributed by atoms with Gasteiger partial charge in [0, 0.05) is 6.61 Å². The van der Waals surface area contributed by atoms with Crippen LogP contribution >= 0.6 is 0 Å². The first-order valence-corrected chi connectivity index (χ1v) is 11.0. The predicted octanol–water partition coefficient (Wildman–Crippen LogP) is 7.30. The first kappa shape index (κ1) is 20.0. The zero-order valence-corrected chi connectivity index (χ0v) is 16.5. The molecule has 0 aromatic rings. The molecule has 1 nitrogen and oxygen atoms in total. The third kappa shape index (κ3) is 7.72. The lowest BCUT2D eigenvalue weighted by Crippen LogP contribution is -2.23. The van der Waals surface area contributed by atoms with Gasteiger partial charge in [-0.3, -0.25) is 0 Å². The molecule has 0 atom stereocenters. The van der Waals surface area contributed by atoms with Crippen molar-refractivity contribution in [1.82, 2.24) is 0 Å². The molecule has 24 heavy (non-hydrogen) atoms. The second-order valence-electron chi connectivity index (χ2n) is 8.48. The smallest absolute Gasteiger partial charge is 0.0575 e. The van der Waals surface area contributed by atoms with Gasteiger partial charge in [0.1, 0.15) is 0 Å². The second-order valence-corrected chi connectivity index (χ2v) is 8.48. The molecule has 140 valence electrons. The maximum Gasteiger partial charge on any atom is 0.0575 e. The van der Waals surface area contributed by atoms with Crippen LogP contribution in [0.1, 0.15) is 104 Å². The van der Waals surface area contributed by atoms with Crippen LogP contribution in [0.2, 0.25) is 0 Å². The van der Waals surface area contributed by atoms with Crippen LogP contribution in [0.15, 0.2) is 12.2 Å². The van der Waals surface area contributed by atoms with E-state index in [1.807, 2.05) is 0 Å². The van der Waals surface area contributed by atoms with Crippen molar-refractivity contribution in [2.24, 2.45) is 17.8 Å². The third-order valence-electron chi connectivity index (χ3n) is 6.52. The highest BCUT2D eigenvalue weighted by molar-refractivity contribution is 4.79. The van der Waals surface area contributed by atoms with Crippen molar-refractivity contribution in [3.05, 3.63) is 12.2 Å². The lowest BCUT2D eigenvalue weighted by Gasteiger charge is -2.32. The Balaban J connectivity index is 1.50. The van der Waals surface area contributed by atoms with Crippen molar-refractivity contribution in [3.8, 4) is 0 Å². The monoisotopic (exact) mass is 334 g/mol. The van der Waals surface area contributed by atoms with Crippen molar-refractivity contribution in [2.45, 2.75) is 110 Å². The van der Waals surface area contributed by atoms with Crippen LogP contribution in [0.25, 0.3) is 0 Å². The Labute approximate surface area is 151 Å². The molecule has 1 heteroatoms. The van der Waals surface area contributed by atoms with Gasteiger partial charge in [-0.05, 0) is 69.6 Å². The summed E-state index contributed by atoms with van der Waals surface area (Å²) in [6, 6.07) is 0. The van der Waals surface area contributed by atoms with Crippen LogP contribution in [-0.4, -0.2) is 12.7 Å². The van der Waals surface area contributed by atoms with Crippen molar-refractivity contribution in [1.29, 1.82) is 0 Å². The molecule has 0 spiro atoms. The van der Waals surface area contributed by atoms with E-state index in [4.69, 9.17) is 4.74 Å². The summed E-state index contributed by atoms with van der Waals surface area (Å²) in [5.41, 5.74) is 0. The number of hydrogen-bond donors (Lipinski definition) is 0. The lowest BCUT2D eigenvalue weighted by molar-refractivity contribution is 0.0168. The van der Waals surface area contributed by atoms with E-state index in [-0.39, 0.29) is 0 Å². The van der Waals surface area contributed by atoms with E-state index in [2.05, 4.69) is 26.0 Å². The lowest BCUT2D eigenvalue weighted by atomic mass is 9.76. The quantitative estimate of drug-likeness (QED) is 0.301. The van der Waals surface area contributed by atoms with Gasteiger partial charge >= 0.3 is 0 Å². The van der Waals surface area contributed by atoms with Gasteiger partial charge in [-0.15, -0.1) is 0 Å². The van der Waals surface area contributed by atoms with Gasteiger partial charge in [-0.25, -0.2) is 0 Å². The van der Waals surface area contributed by atoms with E-state index >= 15 is 0 Å². The average Bonchev–Trinajstić information content (AvgIpc) is 2.64. The molecule has 0 heterocycles. The number of ether oxygens (including phenoxy) is 1. The molecule has 0 N–H and O–H groups in total. The van der Waals surface area contributed by atoms with Crippen molar-refractivity contribution in [2.75, 3.05) is 6.61 Å². The number of allylic oxidation sites excluding steroid dienone is 2. The molecule has 2 saturated carbocycles. The summed E-state index contributed by atoms with van der Waals surface area (Å²) in [6.45, 7) is 5.31. The average molecular weight is 335 g/mol. The van der Waals surface area contributed by atoms with Crippen LogP contribution in [-0.2, 0) is 4.74 Å². The molecule has 0 aliphatic heterocycles. The van der Waals surface area contributed by atoms with Crippen LogP contribution < -0.4 is 0 Å². The molecule has 2 fully saturated rings. The molecular formula is C23H42O. The highest BCUT2D eigenvalue weighted by Crippen LogP contribution is 2.37. The van der Waals surface area contributed by atoms with Crippen LogP contribution in [0, 0.1) is 17.8 Å². The SMILES string of the molecule is C/C=C\CCC[C@H]1CC[C@H](CC[C@H]2CC[C@H](OCCC)CC2)CC1. The Morgan fingerprint density at radius 3 is 1.88 bits per heavy atom. The topological polar surface area (TPSA) is 9.23 Å². The highest BCUT2D eigenvalue weighted by atomic mass is 16.5. The molecule has 0 aromatic carbocycles. The molecule has 2 aliphatic carbocycles. The molecule has 0 amide bonds. The van der Waals surface area contributed by atoms with Gasteiger partial charge in [-0.2, -0.15) is 0 Å². The van der Waals surface area contributed by atoms with E-state index < -0.39 is 0 Å². The van der Waals surface area contributed by atoms with Crippen LogP contribution in [0.4, 0.5) is 0 Å². The van der Waals surface area contributed by atoms with Crippen molar-refractivity contribution in [3.63, 3.8) is 0 Å². The predicted molar refractivity (Wildman–Crippen MR) is 105 cm³/mol. The molecule has 2 rings (SSSR count). The summed E-state index contributed by atoms with van der Waals surface area (Å²) < 4.78 is 5.93. The normalized spacial score (nSPS) is 31.6. The molecular weight excluding hydrogens is 292 g/mol. The Morgan fingerprint density at radius 1 is 0.792 bits per heavy atom. The summed E-state index contributed by atoms with van der Waals surface area (Å²) in [7, 11) is 0. The summed E-state index contributed by atoms with van der Waals surface area (Å²) >= 11 is 0. The van der Waals surface area contributed by atoms with E-state index in [9.17, 15) is 0 Å². The van der Waals surface area contributed by atoms with E-state index in [1.165, 1.54) is 83.5 Å². The molecule has 0 bridgehead atoms. The van der Waals surface area contributed by atoms with Crippen LogP contribution in [0.5, 0.6) is 0 Å².